The van der Waals surface area contributed by atoms with Crippen molar-refractivity contribution >= 4 is 13.3 Å². The molecule has 3 atom stereocenters. The summed E-state index contributed by atoms with van der Waals surface area (Å²) in [4.78, 5) is 0. The van der Waals surface area contributed by atoms with Crippen molar-refractivity contribution < 1.29 is 9.47 Å². The number of hydrogen-bond acceptors (Lipinski definition) is 2. The standard InChI is InChI=1S/C26H38O2Si/c1-9-14-28-24-22(26(3,4)5)16-20(27-6)17-23(24)29(7,8)25-18(2)15-19-12-10-11-13-21(19)25/h9-11,13,16-19,25H,1,12,14-15H2,2-8H3. The first-order valence-corrected chi connectivity index (χ1v) is 14.0. The lowest BCUT2D eigenvalue weighted by atomic mass is 9.86. The summed E-state index contributed by atoms with van der Waals surface area (Å²) in [7, 11) is -0.141. The van der Waals surface area contributed by atoms with Crippen molar-refractivity contribution in [2.24, 2.45) is 11.8 Å². The fourth-order valence-corrected chi connectivity index (χ4v) is 9.91. The first kappa shape index (κ1) is 22.0. The van der Waals surface area contributed by atoms with Crippen molar-refractivity contribution in [3.05, 3.63) is 54.2 Å². The molecule has 0 aliphatic heterocycles. The Morgan fingerprint density at radius 2 is 1.97 bits per heavy atom. The molecular weight excluding hydrogens is 372 g/mol. The summed E-state index contributed by atoms with van der Waals surface area (Å²) >= 11 is 0. The maximum Gasteiger partial charge on any atom is 0.123 e. The normalized spacial score (nSPS) is 24.1. The second-order valence-electron chi connectivity index (χ2n) is 10.3. The van der Waals surface area contributed by atoms with E-state index >= 15 is 0 Å². The molecule has 0 radical (unpaired) electrons. The molecule has 0 aromatic heterocycles. The first-order valence-electron chi connectivity index (χ1n) is 10.9. The number of ether oxygens (including phenoxy) is 2. The maximum atomic E-state index is 6.39. The Balaban J connectivity index is 2.20. The van der Waals surface area contributed by atoms with Gasteiger partial charge in [-0.05, 0) is 53.0 Å². The van der Waals surface area contributed by atoms with Gasteiger partial charge in [0.1, 0.15) is 18.1 Å². The molecule has 158 valence electrons. The lowest BCUT2D eigenvalue weighted by Gasteiger charge is -2.38. The Morgan fingerprint density at radius 1 is 1.24 bits per heavy atom. The quantitative estimate of drug-likeness (QED) is 0.400. The molecule has 3 heteroatoms. The van der Waals surface area contributed by atoms with E-state index in [2.05, 4.69) is 77.7 Å². The zero-order valence-electron chi connectivity index (χ0n) is 19.3. The number of fused-ring (bicyclic) bond motifs is 1. The van der Waals surface area contributed by atoms with Crippen molar-refractivity contribution in [2.75, 3.05) is 13.7 Å². The van der Waals surface area contributed by atoms with Crippen LogP contribution in [0.3, 0.4) is 0 Å². The van der Waals surface area contributed by atoms with E-state index in [4.69, 9.17) is 9.47 Å². The molecule has 3 rings (SSSR count). The smallest absolute Gasteiger partial charge is 0.123 e. The summed E-state index contributed by atoms with van der Waals surface area (Å²) in [6.07, 6.45) is 11.4. The van der Waals surface area contributed by atoms with E-state index in [1.807, 2.05) is 6.08 Å². The Bertz CT molecular complexity index is 826. The highest BCUT2D eigenvalue weighted by molar-refractivity contribution is 6.92. The number of rotatable bonds is 6. The van der Waals surface area contributed by atoms with Gasteiger partial charge in [0.15, 0.2) is 0 Å². The van der Waals surface area contributed by atoms with Gasteiger partial charge in [-0.3, -0.25) is 0 Å². The number of benzene rings is 1. The third kappa shape index (κ3) is 4.12. The van der Waals surface area contributed by atoms with Gasteiger partial charge in [0.2, 0.25) is 0 Å². The monoisotopic (exact) mass is 410 g/mol. The van der Waals surface area contributed by atoms with Crippen LogP contribution in [0.4, 0.5) is 0 Å². The van der Waals surface area contributed by atoms with Crippen molar-refractivity contribution in [3.63, 3.8) is 0 Å². The van der Waals surface area contributed by atoms with E-state index in [0.29, 0.717) is 18.1 Å². The van der Waals surface area contributed by atoms with Crippen LogP contribution >= 0.6 is 0 Å². The van der Waals surface area contributed by atoms with Crippen LogP contribution in [0, 0.1) is 11.8 Å². The fourth-order valence-electron chi connectivity index (χ4n) is 5.55. The average Bonchev–Trinajstić information content (AvgIpc) is 3.01. The predicted molar refractivity (Wildman–Crippen MR) is 127 cm³/mol. The molecule has 0 amide bonds. The maximum absolute atomic E-state index is 6.39. The van der Waals surface area contributed by atoms with Crippen LogP contribution in [0.1, 0.15) is 46.1 Å². The van der Waals surface area contributed by atoms with E-state index < -0.39 is 8.07 Å². The second-order valence-corrected chi connectivity index (χ2v) is 14.9. The SMILES string of the molecule is C=CCOc1c(C(C)(C)C)cc(OC)cc1[Si](C)(C)C1C2=CC=CCC2CC1C. The van der Waals surface area contributed by atoms with Gasteiger partial charge < -0.3 is 9.47 Å². The summed E-state index contributed by atoms with van der Waals surface area (Å²) in [5, 5.41) is 1.39. The van der Waals surface area contributed by atoms with Crippen molar-refractivity contribution in [1.29, 1.82) is 0 Å². The molecule has 29 heavy (non-hydrogen) atoms. The number of methoxy groups -OCH3 is 1. The van der Waals surface area contributed by atoms with E-state index in [0.717, 1.165) is 17.4 Å². The summed E-state index contributed by atoms with van der Waals surface area (Å²) in [5.41, 5.74) is 3.50. The molecule has 0 N–H and O–H groups in total. The van der Waals surface area contributed by atoms with Crippen LogP contribution < -0.4 is 14.7 Å². The molecule has 3 unspecified atom stereocenters. The van der Waals surface area contributed by atoms with E-state index in [9.17, 15) is 0 Å². The minimum Gasteiger partial charge on any atom is -0.497 e. The van der Waals surface area contributed by atoms with E-state index in [1.165, 1.54) is 23.6 Å². The molecule has 0 heterocycles. The highest BCUT2D eigenvalue weighted by Gasteiger charge is 2.48. The molecule has 0 saturated heterocycles. The Hall–Kier alpha value is -1.74. The minimum absolute atomic E-state index is 0.0268. The average molecular weight is 411 g/mol. The van der Waals surface area contributed by atoms with Crippen LogP contribution in [-0.4, -0.2) is 21.8 Å². The zero-order valence-corrected chi connectivity index (χ0v) is 20.3. The van der Waals surface area contributed by atoms with Crippen LogP contribution in [0.5, 0.6) is 11.5 Å². The summed E-state index contributed by atoms with van der Waals surface area (Å²) in [6.45, 7) is 18.7. The lowest BCUT2D eigenvalue weighted by molar-refractivity contribution is 0.351. The van der Waals surface area contributed by atoms with Crippen LogP contribution in [-0.2, 0) is 5.41 Å². The highest BCUT2D eigenvalue weighted by atomic mass is 28.3. The van der Waals surface area contributed by atoms with Gasteiger partial charge in [-0.25, -0.2) is 0 Å². The molecule has 1 saturated carbocycles. The Morgan fingerprint density at radius 3 is 2.59 bits per heavy atom. The third-order valence-corrected chi connectivity index (χ3v) is 11.0. The van der Waals surface area contributed by atoms with Crippen molar-refractivity contribution in [3.8, 4) is 11.5 Å². The van der Waals surface area contributed by atoms with Gasteiger partial charge in [-0.1, -0.05) is 77.2 Å². The van der Waals surface area contributed by atoms with Gasteiger partial charge in [0.05, 0.1) is 15.2 Å². The van der Waals surface area contributed by atoms with E-state index in [-0.39, 0.29) is 5.41 Å². The first-order chi connectivity index (χ1) is 13.6. The second kappa shape index (κ2) is 8.18. The molecule has 0 bridgehead atoms. The van der Waals surface area contributed by atoms with Gasteiger partial charge in [0, 0.05) is 5.56 Å². The van der Waals surface area contributed by atoms with Crippen molar-refractivity contribution in [1.82, 2.24) is 0 Å². The van der Waals surface area contributed by atoms with Gasteiger partial charge >= 0.3 is 0 Å². The molecular formula is C26H38O2Si. The predicted octanol–water partition coefficient (Wildman–Crippen LogP) is 6.39. The van der Waals surface area contributed by atoms with Gasteiger partial charge in [-0.2, -0.15) is 0 Å². The van der Waals surface area contributed by atoms with Gasteiger partial charge in [-0.15, -0.1) is 0 Å². The largest absolute Gasteiger partial charge is 0.497 e. The third-order valence-electron chi connectivity index (χ3n) is 6.82. The van der Waals surface area contributed by atoms with Crippen molar-refractivity contribution in [2.45, 2.75) is 64.6 Å². The van der Waals surface area contributed by atoms with E-state index in [1.54, 1.807) is 12.7 Å². The molecule has 0 spiro atoms. The summed E-state index contributed by atoms with van der Waals surface area (Å²) in [6, 6.07) is 4.43. The number of allylic oxidation sites excluding steroid dienone is 4. The molecule has 2 aliphatic carbocycles. The lowest BCUT2D eigenvalue weighted by Crippen LogP contribution is -2.49. The molecule has 1 fully saturated rings. The number of hydrogen-bond donors (Lipinski definition) is 0. The molecule has 2 nitrogen and oxygen atoms in total. The highest BCUT2D eigenvalue weighted by Crippen LogP contribution is 2.53. The summed E-state index contributed by atoms with van der Waals surface area (Å²) < 4.78 is 12.2. The summed E-state index contributed by atoms with van der Waals surface area (Å²) in [5.74, 6) is 3.43. The van der Waals surface area contributed by atoms with Crippen LogP contribution in [0.2, 0.25) is 18.6 Å². The van der Waals surface area contributed by atoms with Crippen LogP contribution in [0.15, 0.2) is 48.6 Å². The molecule has 1 aromatic rings. The minimum atomic E-state index is -1.91. The fraction of sp³-hybridized carbons (Fsp3) is 0.538. The Kier molecular flexibility index (Phi) is 6.19. The van der Waals surface area contributed by atoms with Gasteiger partial charge in [0.25, 0.3) is 0 Å². The Labute approximate surface area is 178 Å². The van der Waals surface area contributed by atoms with Crippen LogP contribution in [0.25, 0.3) is 0 Å². The molecule has 2 aliphatic rings. The molecule has 1 aromatic carbocycles. The topological polar surface area (TPSA) is 18.5 Å². The zero-order chi connectivity index (χ0) is 21.4.